The van der Waals surface area contributed by atoms with Crippen molar-refractivity contribution in [2.45, 2.75) is 31.2 Å². The second-order valence-corrected chi connectivity index (χ2v) is 8.26. The van der Waals surface area contributed by atoms with Crippen molar-refractivity contribution in [3.05, 3.63) is 42.5 Å². The third kappa shape index (κ3) is 6.61. The zero-order valence-corrected chi connectivity index (χ0v) is 18.7. The van der Waals surface area contributed by atoms with Gasteiger partial charge in [0.2, 0.25) is 0 Å². The molecule has 1 unspecified atom stereocenters. The van der Waals surface area contributed by atoms with Gasteiger partial charge in [-0.15, -0.1) is 0 Å². The van der Waals surface area contributed by atoms with Gasteiger partial charge in [0, 0.05) is 51.7 Å². The van der Waals surface area contributed by atoms with E-state index < -0.39 is 12.1 Å². The van der Waals surface area contributed by atoms with E-state index in [9.17, 15) is 13.2 Å². The molecule has 2 aromatic rings. The van der Waals surface area contributed by atoms with E-state index >= 15 is 0 Å². The van der Waals surface area contributed by atoms with Gasteiger partial charge in [-0.25, -0.2) is 9.78 Å². The maximum atomic E-state index is 10.6. The van der Waals surface area contributed by atoms with E-state index in [1.165, 1.54) is 11.4 Å². The first-order chi connectivity index (χ1) is 15.6. The third-order valence-electron chi connectivity index (χ3n) is 5.85. The minimum absolute atomic E-state index is 0.0744. The van der Waals surface area contributed by atoms with Crippen LogP contribution >= 0.6 is 0 Å². The summed E-state index contributed by atoms with van der Waals surface area (Å²) in [5.41, 5.74) is 2.43. The monoisotopic (exact) mass is 470 g/mol. The van der Waals surface area contributed by atoms with Crippen LogP contribution in [0, 0.1) is 0 Å². The molecule has 1 atom stereocenters. The molecule has 2 aliphatic heterocycles. The maximum Gasteiger partial charge on any atom is 0.490 e. The molecule has 2 aliphatic rings. The Kier molecular flexibility index (Phi) is 7.85. The van der Waals surface area contributed by atoms with Gasteiger partial charge in [0.25, 0.3) is 0 Å². The van der Waals surface area contributed by atoms with E-state index in [-0.39, 0.29) is 5.60 Å². The molecule has 0 bridgehead atoms. The average molecular weight is 470 g/mol. The van der Waals surface area contributed by atoms with Crippen LogP contribution in [0.1, 0.15) is 18.5 Å². The minimum Gasteiger partial charge on any atom is -0.497 e. The lowest BCUT2D eigenvalue weighted by Crippen LogP contribution is -2.59. The van der Waals surface area contributed by atoms with Crippen LogP contribution in [0.2, 0.25) is 0 Å². The number of imidazole rings is 1. The summed E-state index contributed by atoms with van der Waals surface area (Å²) in [6, 6.07) is 8.36. The first kappa shape index (κ1) is 24.8. The van der Waals surface area contributed by atoms with Crippen LogP contribution in [0.5, 0.6) is 5.75 Å². The molecular formula is C22H29F3N4O4. The van der Waals surface area contributed by atoms with Crippen LogP contribution in [0.25, 0.3) is 0 Å². The Morgan fingerprint density at radius 1 is 1.24 bits per heavy atom. The molecule has 3 heterocycles. The summed E-state index contributed by atoms with van der Waals surface area (Å²) in [6.07, 6.45) is 1.04. The molecule has 8 nitrogen and oxygen atoms in total. The van der Waals surface area contributed by atoms with Crippen molar-refractivity contribution >= 4 is 11.7 Å². The topological polar surface area (TPSA) is 80.1 Å². The summed E-state index contributed by atoms with van der Waals surface area (Å²) in [6.45, 7) is 5.72. The molecule has 1 aromatic heterocycles. The summed E-state index contributed by atoms with van der Waals surface area (Å²) in [7, 11) is 3.77. The zero-order chi connectivity index (χ0) is 24.1. The average Bonchev–Trinajstić information content (AvgIpc) is 3.18. The number of benzene rings is 1. The molecule has 0 amide bonds. The number of carbonyl (C=O) groups is 1. The van der Waals surface area contributed by atoms with E-state index in [1.807, 2.05) is 24.7 Å². The van der Waals surface area contributed by atoms with Gasteiger partial charge in [-0.2, -0.15) is 13.2 Å². The predicted octanol–water partition coefficient (Wildman–Crippen LogP) is 2.93. The molecule has 1 N–H and O–H groups in total. The molecule has 0 radical (unpaired) electrons. The van der Waals surface area contributed by atoms with Crippen molar-refractivity contribution in [2.75, 3.05) is 44.8 Å². The third-order valence-corrected chi connectivity index (χ3v) is 5.85. The number of methoxy groups -OCH3 is 1. The van der Waals surface area contributed by atoms with Crippen LogP contribution in [0.4, 0.5) is 18.9 Å². The predicted molar refractivity (Wildman–Crippen MR) is 115 cm³/mol. The van der Waals surface area contributed by atoms with E-state index in [1.54, 1.807) is 7.11 Å². The van der Waals surface area contributed by atoms with Gasteiger partial charge in [-0.1, -0.05) is 0 Å². The van der Waals surface area contributed by atoms with Gasteiger partial charge in [0.15, 0.2) is 0 Å². The highest BCUT2D eigenvalue weighted by atomic mass is 19.4. The molecule has 2 saturated heterocycles. The number of aliphatic carboxylic acids is 1. The van der Waals surface area contributed by atoms with Gasteiger partial charge in [-0.05, 0) is 37.1 Å². The fourth-order valence-electron chi connectivity index (χ4n) is 4.18. The fraction of sp³-hybridized carbons (Fsp3) is 0.545. The Balaban J connectivity index is 0.000000383. The number of anilines is 1. The van der Waals surface area contributed by atoms with Crippen molar-refractivity contribution in [3.8, 4) is 5.75 Å². The molecule has 0 aliphatic carbocycles. The lowest BCUT2D eigenvalue weighted by molar-refractivity contribution is -0.192. The second-order valence-electron chi connectivity index (χ2n) is 8.26. The van der Waals surface area contributed by atoms with Gasteiger partial charge >= 0.3 is 12.1 Å². The summed E-state index contributed by atoms with van der Waals surface area (Å²) in [5.74, 6) is -1.86. The standard InChI is InChI=1S/C20H28N4O2.C2HF3O2/c1-22-16-21-12-18(22)13-23-10-11-26-20(14-23)8-3-9-24(15-20)17-4-6-19(25-2)7-5-17;3-2(4,5)1(6)7/h4-7,12,16H,3,8-11,13-15H2,1-2H3;(H,6,7). The number of aryl methyl sites for hydroxylation is 1. The highest BCUT2D eigenvalue weighted by Gasteiger charge is 2.41. The number of carboxylic acids is 1. The van der Waals surface area contributed by atoms with Crippen molar-refractivity contribution in [1.82, 2.24) is 14.5 Å². The molecule has 1 aromatic carbocycles. The lowest BCUT2D eigenvalue weighted by atomic mass is 9.90. The zero-order valence-electron chi connectivity index (χ0n) is 18.7. The number of carboxylic acid groups (broad SMARTS) is 1. The largest absolute Gasteiger partial charge is 0.497 e. The normalized spacial score (nSPS) is 21.4. The molecule has 11 heteroatoms. The van der Waals surface area contributed by atoms with Crippen LogP contribution in [-0.4, -0.2) is 77.2 Å². The Morgan fingerprint density at radius 3 is 2.52 bits per heavy atom. The van der Waals surface area contributed by atoms with Crippen molar-refractivity contribution in [2.24, 2.45) is 7.05 Å². The number of nitrogens with zero attached hydrogens (tertiary/aromatic N) is 4. The van der Waals surface area contributed by atoms with Crippen LogP contribution in [0.3, 0.4) is 0 Å². The van der Waals surface area contributed by atoms with E-state index in [0.717, 1.165) is 57.9 Å². The Bertz CT molecular complexity index is 915. The maximum absolute atomic E-state index is 10.6. The first-order valence-electron chi connectivity index (χ1n) is 10.6. The summed E-state index contributed by atoms with van der Waals surface area (Å²) in [4.78, 5) is 18.1. The molecular weight excluding hydrogens is 441 g/mol. The number of piperidine rings is 1. The van der Waals surface area contributed by atoms with E-state index in [0.29, 0.717) is 0 Å². The molecule has 1 spiro atoms. The smallest absolute Gasteiger partial charge is 0.490 e. The molecule has 4 rings (SSSR count). The van der Waals surface area contributed by atoms with Gasteiger partial charge < -0.3 is 24.0 Å². The number of alkyl halides is 3. The van der Waals surface area contributed by atoms with Crippen LogP contribution in [0.15, 0.2) is 36.8 Å². The number of ether oxygens (including phenoxy) is 2. The summed E-state index contributed by atoms with van der Waals surface area (Å²) in [5, 5.41) is 7.12. The number of rotatable bonds is 4. The van der Waals surface area contributed by atoms with E-state index in [2.05, 4.69) is 38.5 Å². The second kappa shape index (κ2) is 10.4. The quantitative estimate of drug-likeness (QED) is 0.736. The Morgan fingerprint density at radius 2 is 1.94 bits per heavy atom. The highest BCUT2D eigenvalue weighted by Crippen LogP contribution is 2.32. The minimum atomic E-state index is -5.08. The highest BCUT2D eigenvalue weighted by molar-refractivity contribution is 5.73. The van der Waals surface area contributed by atoms with Crippen molar-refractivity contribution in [1.29, 1.82) is 0 Å². The van der Waals surface area contributed by atoms with Crippen molar-refractivity contribution < 1.29 is 32.5 Å². The van der Waals surface area contributed by atoms with E-state index in [4.69, 9.17) is 19.4 Å². The molecule has 0 saturated carbocycles. The molecule has 182 valence electrons. The fourth-order valence-corrected chi connectivity index (χ4v) is 4.18. The first-order valence-corrected chi connectivity index (χ1v) is 10.6. The summed E-state index contributed by atoms with van der Waals surface area (Å²) < 4.78 is 45.5. The van der Waals surface area contributed by atoms with Gasteiger partial charge in [0.1, 0.15) is 5.75 Å². The van der Waals surface area contributed by atoms with Crippen LogP contribution < -0.4 is 9.64 Å². The number of morpholine rings is 1. The van der Waals surface area contributed by atoms with Crippen molar-refractivity contribution in [3.63, 3.8) is 0 Å². The number of halogens is 3. The Labute approximate surface area is 190 Å². The summed E-state index contributed by atoms with van der Waals surface area (Å²) >= 11 is 0. The SMILES string of the molecule is COc1ccc(N2CCCC3(CN(Cc4cncn4C)CCO3)C2)cc1.O=C(O)C(F)(F)F. The number of hydrogen-bond donors (Lipinski definition) is 1. The van der Waals surface area contributed by atoms with Gasteiger partial charge in [0.05, 0.1) is 31.3 Å². The number of aromatic nitrogens is 2. The van der Waals surface area contributed by atoms with Crippen LogP contribution in [-0.2, 0) is 23.1 Å². The number of hydrogen-bond acceptors (Lipinski definition) is 6. The molecule has 33 heavy (non-hydrogen) atoms. The molecule has 2 fully saturated rings. The Hall–Kier alpha value is -2.79. The van der Waals surface area contributed by atoms with Gasteiger partial charge in [-0.3, -0.25) is 4.90 Å². The lowest BCUT2D eigenvalue weighted by Gasteiger charge is -2.48.